The molecule has 0 saturated carbocycles. The number of ether oxygens (including phenoxy) is 1. The number of hydrogen-bond donors (Lipinski definition) is 2. The molecule has 6 rings (SSSR count). The topological polar surface area (TPSA) is 142 Å². The van der Waals surface area contributed by atoms with Crippen molar-refractivity contribution in [3.63, 3.8) is 0 Å². The first-order valence-electron chi connectivity index (χ1n) is 19.9. The van der Waals surface area contributed by atoms with E-state index in [0.29, 0.717) is 36.5 Å². The summed E-state index contributed by atoms with van der Waals surface area (Å²) in [6.07, 6.45) is -3.97. The number of carbonyl (C=O) groups excluding carboxylic acids is 4. The molecule has 4 heterocycles. The van der Waals surface area contributed by atoms with Crippen LogP contribution in [-0.2, 0) is 46.9 Å². The Morgan fingerprint density at radius 1 is 0.934 bits per heavy atom. The van der Waals surface area contributed by atoms with Crippen molar-refractivity contribution in [1.29, 1.82) is 0 Å². The molecule has 13 nitrogen and oxygen atoms in total. The van der Waals surface area contributed by atoms with E-state index in [0.717, 1.165) is 36.7 Å². The van der Waals surface area contributed by atoms with Crippen molar-refractivity contribution in [1.82, 2.24) is 29.2 Å². The molecule has 2 aromatic heterocycles. The Hall–Kier alpha value is -6.12. The van der Waals surface area contributed by atoms with Crippen LogP contribution in [0.25, 0.3) is 11.4 Å². The van der Waals surface area contributed by atoms with E-state index in [9.17, 15) is 32.3 Å². The molecule has 2 N–H and O–H groups in total. The van der Waals surface area contributed by atoms with Gasteiger partial charge in [0.15, 0.2) is 0 Å². The van der Waals surface area contributed by atoms with Gasteiger partial charge in [-0.25, -0.2) is 24.1 Å². The van der Waals surface area contributed by atoms with Gasteiger partial charge in [0.05, 0.1) is 40.9 Å². The number of fused-ring (bicyclic) bond motifs is 1. The molecule has 0 spiro atoms. The fourth-order valence-corrected chi connectivity index (χ4v) is 7.13. The molecule has 1 fully saturated rings. The lowest BCUT2D eigenvalue weighted by molar-refractivity contribution is -0.138. The lowest BCUT2D eigenvalue weighted by Gasteiger charge is -2.34. The number of benzene rings is 2. The van der Waals surface area contributed by atoms with Gasteiger partial charge in [0.2, 0.25) is 11.9 Å². The van der Waals surface area contributed by atoms with Crippen LogP contribution in [-0.4, -0.2) is 104 Å². The maximum absolute atomic E-state index is 15.2. The number of Topliss-reactive ketones (excluding diaryl/α,β-unsaturated/α-hetero) is 1. The predicted octanol–water partition coefficient (Wildman–Crippen LogP) is 6.29. The van der Waals surface area contributed by atoms with Gasteiger partial charge >= 0.3 is 12.3 Å². The SMILES string of the molecule is CCN1CCN(Cc2ccc(NC(=O)Cc3ccc(F)c(C#Cc4cnc(NCC(C)=O)nc4-c4cc5c(n4C)CCN(C(=O)OC(C)(C)C)C5=O)c3)cc2C(F)(F)F)CC1. The molecule has 1 saturated heterocycles. The van der Waals surface area contributed by atoms with Crippen molar-refractivity contribution in [2.24, 2.45) is 7.05 Å². The third-order valence-electron chi connectivity index (χ3n) is 10.3. The molecule has 0 unspecified atom stereocenters. The summed E-state index contributed by atoms with van der Waals surface area (Å²) in [6, 6.07) is 9.26. The normalized spacial score (nSPS) is 14.9. The van der Waals surface area contributed by atoms with Crippen molar-refractivity contribution in [2.45, 2.75) is 65.8 Å². The second-order valence-electron chi connectivity index (χ2n) is 16.0. The highest BCUT2D eigenvalue weighted by molar-refractivity contribution is 6.05. The van der Waals surface area contributed by atoms with Gasteiger partial charge in [0.25, 0.3) is 5.91 Å². The number of nitrogens with zero attached hydrogens (tertiary/aromatic N) is 6. The second-order valence-corrected chi connectivity index (χ2v) is 16.0. The molecular weight excluding hydrogens is 797 g/mol. The van der Waals surface area contributed by atoms with Gasteiger partial charge in [0.1, 0.15) is 22.9 Å². The highest BCUT2D eigenvalue weighted by Gasteiger charge is 2.36. The van der Waals surface area contributed by atoms with Crippen LogP contribution in [0, 0.1) is 17.7 Å². The number of likely N-dealkylation sites (N-methyl/N-ethyl adjacent to an activating group) is 1. The van der Waals surface area contributed by atoms with Gasteiger partial charge in [-0.05, 0) is 75.7 Å². The largest absolute Gasteiger partial charge is 0.443 e. The van der Waals surface area contributed by atoms with Crippen LogP contribution in [0.3, 0.4) is 0 Å². The summed E-state index contributed by atoms with van der Waals surface area (Å²) in [5, 5.41) is 5.40. The number of carbonyl (C=O) groups is 4. The first kappa shape index (κ1) is 44.4. The van der Waals surface area contributed by atoms with Crippen molar-refractivity contribution >= 4 is 35.3 Å². The monoisotopic (exact) mass is 844 g/mol. The smallest absolute Gasteiger partial charge is 0.417 e. The van der Waals surface area contributed by atoms with E-state index in [1.165, 1.54) is 37.4 Å². The van der Waals surface area contributed by atoms with E-state index in [4.69, 9.17) is 4.74 Å². The highest BCUT2D eigenvalue weighted by atomic mass is 19.4. The van der Waals surface area contributed by atoms with E-state index < -0.39 is 41.1 Å². The number of rotatable bonds is 10. The van der Waals surface area contributed by atoms with Gasteiger partial charge in [-0.15, -0.1) is 0 Å². The Bertz CT molecular complexity index is 2400. The lowest BCUT2D eigenvalue weighted by Crippen LogP contribution is -2.45. The number of hydrogen-bond acceptors (Lipinski definition) is 10. The quantitative estimate of drug-likeness (QED) is 0.138. The molecule has 0 aliphatic carbocycles. The molecule has 2 aliphatic heterocycles. The average Bonchev–Trinajstić information content (AvgIpc) is 3.53. The van der Waals surface area contributed by atoms with Crippen LogP contribution in [0.1, 0.15) is 78.5 Å². The zero-order chi connectivity index (χ0) is 44.2. The molecule has 0 bridgehead atoms. The first-order chi connectivity index (χ1) is 28.8. The van der Waals surface area contributed by atoms with E-state index in [1.807, 2.05) is 11.8 Å². The highest BCUT2D eigenvalue weighted by Crippen LogP contribution is 2.35. The number of aromatic nitrogens is 3. The minimum atomic E-state index is -4.64. The van der Waals surface area contributed by atoms with Gasteiger partial charge in [0, 0.05) is 70.3 Å². The first-order valence-corrected chi connectivity index (χ1v) is 19.9. The van der Waals surface area contributed by atoms with Crippen LogP contribution < -0.4 is 10.6 Å². The molecule has 0 radical (unpaired) electrons. The van der Waals surface area contributed by atoms with Crippen molar-refractivity contribution in [3.8, 4) is 23.2 Å². The molecule has 17 heteroatoms. The summed E-state index contributed by atoms with van der Waals surface area (Å²) in [7, 11) is 1.73. The van der Waals surface area contributed by atoms with Gasteiger partial charge in [-0.3, -0.25) is 19.3 Å². The summed E-state index contributed by atoms with van der Waals surface area (Å²) in [6.45, 7) is 12.5. The number of ketones is 1. The summed E-state index contributed by atoms with van der Waals surface area (Å²) in [4.78, 5) is 65.4. The zero-order valence-electron chi connectivity index (χ0n) is 34.9. The molecule has 2 aromatic carbocycles. The maximum Gasteiger partial charge on any atom is 0.417 e. The van der Waals surface area contributed by atoms with Crippen LogP contribution >= 0.6 is 0 Å². The molecule has 3 amide bonds. The molecule has 61 heavy (non-hydrogen) atoms. The van der Waals surface area contributed by atoms with Gasteiger partial charge in [-0.2, -0.15) is 13.2 Å². The number of imide groups is 1. The van der Waals surface area contributed by atoms with Gasteiger partial charge < -0.3 is 24.8 Å². The standard InChI is InChI=1S/C44H48F4N8O5/c1-7-54-16-18-55(19-17-54)26-31-11-12-32(22-34(31)44(46,47)48)51-38(58)21-28-8-13-35(45)29(20-28)9-10-30-25-50-41(49-24-27(2)57)52-39(30)37-23-33-36(53(37)6)14-15-56(40(33)59)42(60)61-43(3,4)5/h8,11-13,20,22-23,25H,7,14-19,21,24,26H2,1-6H3,(H,51,58)(H,49,50,52). The lowest BCUT2D eigenvalue weighted by atomic mass is 10.0. The zero-order valence-corrected chi connectivity index (χ0v) is 34.9. The molecular formula is C44H48F4N8O5. The fourth-order valence-electron chi connectivity index (χ4n) is 7.13. The van der Waals surface area contributed by atoms with Crippen LogP contribution in [0.5, 0.6) is 0 Å². The number of piperazine rings is 1. The van der Waals surface area contributed by atoms with Crippen molar-refractivity contribution in [3.05, 3.63) is 93.6 Å². The number of amides is 3. The maximum atomic E-state index is 15.2. The summed E-state index contributed by atoms with van der Waals surface area (Å²) >= 11 is 0. The second kappa shape index (κ2) is 18.2. The van der Waals surface area contributed by atoms with E-state index in [1.54, 1.807) is 38.5 Å². The Balaban J connectivity index is 1.23. The van der Waals surface area contributed by atoms with Crippen molar-refractivity contribution in [2.75, 3.05) is 56.4 Å². The van der Waals surface area contributed by atoms with E-state index in [2.05, 4.69) is 37.3 Å². The summed E-state index contributed by atoms with van der Waals surface area (Å²) < 4.78 is 65.0. The fraction of sp³-hybridized carbons (Fsp3) is 0.409. The average molecular weight is 845 g/mol. The van der Waals surface area contributed by atoms with E-state index in [-0.39, 0.29) is 71.4 Å². The van der Waals surface area contributed by atoms with Crippen LogP contribution in [0.4, 0.5) is 34.0 Å². The Labute approximate surface area is 351 Å². The minimum Gasteiger partial charge on any atom is -0.443 e. The van der Waals surface area contributed by atoms with Crippen LogP contribution in [0.15, 0.2) is 48.7 Å². The minimum absolute atomic E-state index is 0.0191. The van der Waals surface area contributed by atoms with E-state index >= 15 is 4.39 Å². The Kier molecular flexibility index (Phi) is 13.3. The third-order valence-corrected chi connectivity index (χ3v) is 10.3. The Morgan fingerprint density at radius 3 is 2.31 bits per heavy atom. The van der Waals surface area contributed by atoms with Crippen LogP contribution in [0.2, 0.25) is 0 Å². The third kappa shape index (κ3) is 11.0. The van der Waals surface area contributed by atoms with Gasteiger partial charge in [-0.1, -0.05) is 30.9 Å². The number of nitrogens with one attached hydrogen (secondary N) is 2. The number of alkyl halides is 3. The summed E-state index contributed by atoms with van der Waals surface area (Å²) in [5.74, 6) is 3.77. The summed E-state index contributed by atoms with van der Waals surface area (Å²) in [5.41, 5.74) is 0.560. The number of halogens is 4. The Morgan fingerprint density at radius 2 is 1.64 bits per heavy atom. The molecule has 0 atom stereocenters. The molecule has 322 valence electrons. The molecule has 2 aliphatic rings. The number of anilines is 2. The van der Waals surface area contributed by atoms with Crippen molar-refractivity contribution < 1.29 is 41.5 Å². The predicted molar refractivity (Wildman–Crippen MR) is 220 cm³/mol. The molecule has 4 aromatic rings.